The van der Waals surface area contributed by atoms with Gasteiger partial charge in [0.2, 0.25) is 0 Å². The van der Waals surface area contributed by atoms with Crippen LogP contribution in [0, 0.1) is 5.92 Å². The molecule has 1 aromatic heterocycles. The SMILES string of the molecule is CC1CCN(c2ccc(NC(=O)c3c[nH]c4cc(Cl)ccc34)cc2)CC1. The molecule has 1 amide bonds. The number of rotatable bonds is 3. The lowest BCUT2D eigenvalue weighted by Crippen LogP contribution is -2.32. The van der Waals surface area contributed by atoms with E-state index in [9.17, 15) is 4.79 Å². The highest BCUT2D eigenvalue weighted by Crippen LogP contribution is 2.26. The number of nitrogens with zero attached hydrogens (tertiary/aromatic N) is 1. The average Bonchev–Trinajstić information content (AvgIpc) is 3.06. The summed E-state index contributed by atoms with van der Waals surface area (Å²) in [5, 5.41) is 4.49. The van der Waals surface area contributed by atoms with Gasteiger partial charge in [-0.05, 0) is 55.2 Å². The molecule has 1 saturated heterocycles. The fourth-order valence-electron chi connectivity index (χ4n) is 3.51. The number of carbonyl (C=O) groups excluding carboxylic acids is 1. The Morgan fingerprint density at radius 3 is 2.62 bits per heavy atom. The summed E-state index contributed by atoms with van der Waals surface area (Å²) in [4.78, 5) is 18.1. The normalized spacial score (nSPS) is 15.4. The summed E-state index contributed by atoms with van der Waals surface area (Å²) in [7, 11) is 0. The molecule has 134 valence electrons. The van der Waals surface area contributed by atoms with E-state index in [4.69, 9.17) is 11.6 Å². The molecule has 4 nitrogen and oxygen atoms in total. The number of aromatic amines is 1. The van der Waals surface area contributed by atoms with Gasteiger partial charge in [-0.3, -0.25) is 4.79 Å². The highest BCUT2D eigenvalue weighted by Gasteiger charge is 2.16. The molecular weight excluding hydrogens is 346 g/mol. The molecule has 2 aromatic carbocycles. The molecule has 0 aliphatic carbocycles. The van der Waals surface area contributed by atoms with Crippen molar-refractivity contribution in [1.29, 1.82) is 0 Å². The molecular formula is C21H22ClN3O. The Kier molecular flexibility index (Phi) is 4.60. The Balaban J connectivity index is 1.47. The van der Waals surface area contributed by atoms with E-state index in [0.29, 0.717) is 10.6 Å². The number of H-pyrrole nitrogens is 1. The number of anilines is 2. The molecule has 0 spiro atoms. The number of carbonyl (C=O) groups is 1. The van der Waals surface area contributed by atoms with Crippen LogP contribution in [-0.4, -0.2) is 24.0 Å². The van der Waals surface area contributed by atoms with Crippen molar-refractivity contribution in [3.8, 4) is 0 Å². The first-order valence-electron chi connectivity index (χ1n) is 9.03. The van der Waals surface area contributed by atoms with E-state index in [0.717, 1.165) is 35.6 Å². The van der Waals surface area contributed by atoms with Crippen LogP contribution in [0.2, 0.25) is 5.02 Å². The largest absolute Gasteiger partial charge is 0.372 e. The van der Waals surface area contributed by atoms with Gasteiger partial charge < -0.3 is 15.2 Å². The molecule has 2 N–H and O–H groups in total. The van der Waals surface area contributed by atoms with E-state index in [1.165, 1.54) is 18.5 Å². The molecule has 4 rings (SSSR count). The van der Waals surface area contributed by atoms with Gasteiger partial charge in [0, 0.05) is 46.6 Å². The summed E-state index contributed by atoms with van der Waals surface area (Å²) in [5.41, 5.74) is 3.49. The highest BCUT2D eigenvalue weighted by atomic mass is 35.5. The Labute approximate surface area is 158 Å². The Hall–Kier alpha value is -2.46. The lowest BCUT2D eigenvalue weighted by atomic mass is 9.99. The standard InChI is InChI=1S/C21H22ClN3O/c1-14-8-10-25(11-9-14)17-5-3-16(4-6-17)24-21(26)19-13-23-20-12-15(22)2-7-18(19)20/h2-7,12-14,23H,8-11H2,1H3,(H,24,26). The minimum absolute atomic E-state index is 0.127. The quantitative estimate of drug-likeness (QED) is 0.659. The number of amides is 1. The number of aromatic nitrogens is 1. The molecule has 1 aliphatic heterocycles. The molecule has 2 heterocycles. The van der Waals surface area contributed by atoms with Crippen molar-refractivity contribution >= 4 is 39.8 Å². The van der Waals surface area contributed by atoms with E-state index in [-0.39, 0.29) is 5.91 Å². The van der Waals surface area contributed by atoms with Gasteiger partial charge in [-0.15, -0.1) is 0 Å². The van der Waals surface area contributed by atoms with Gasteiger partial charge in [0.05, 0.1) is 5.56 Å². The van der Waals surface area contributed by atoms with E-state index in [1.54, 1.807) is 12.3 Å². The maximum atomic E-state index is 12.6. The fourth-order valence-corrected chi connectivity index (χ4v) is 3.68. The minimum atomic E-state index is -0.127. The molecule has 0 saturated carbocycles. The highest BCUT2D eigenvalue weighted by molar-refractivity contribution is 6.31. The van der Waals surface area contributed by atoms with Crippen molar-refractivity contribution in [2.45, 2.75) is 19.8 Å². The molecule has 0 radical (unpaired) electrons. The summed E-state index contributed by atoms with van der Waals surface area (Å²) in [6.07, 6.45) is 4.20. The zero-order chi connectivity index (χ0) is 18.1. The monoisotopic (exact) mass is 367 g/mol. The van der Waals surface area contributed by atoms with Crippen molar-refractivity contribution < 1.29 is 4.79 Å². The smallest absolute Gasteiger partial charge is 0.257 e. The number of benzene rings is 2. The van der Waals surface area contributed by atoms with Gasteiger partial charge in [-0.1, -0.05) is 24.6 Å². The Bertz CT molecular complexity index is 924. The Morgan fingerprint density at radius 2 is 1.88 bits per heavy atom. The van der Waals surface area contributed by atoms with Crippen LogP contribution in [0.25, 0.3) is 10.9 Å². The number of hydrogen-bond donors (Lipinski definition) is 2. The van der Waals surface area contributed by atoms with Crippen molar-refractivity contribution in [2.75, 3.05) is 23.3 Å². The minimum Gasteiger partial charge on any atom is -0.372 e. The van der Waals surface area contributed by atoms with Crippen LogP contribution >= 0.6 is 11.6 Å². The van der Waals surface area contributed by atoms with Crippen LogP contribution in [0.4, 0.5) is 11.4 Å². The van der Waals surface area contributed by atoms with Gasteiger partial charge in [0.25, 0.3) is 5.91 Å². The molecule has 0 bridgehead atoms. The third kappa shape index (κ3) is 3.42. The molecule has 1 fully saturated rings. The number of piperidine rings is 1. The number of nitrogens with one attached hydrogen (secondary N) is 2. The van der Waals surface area contributed by atoms with Gasteiger partial charge >= 0.3 is 0 Å². The zero-order valence-electron chi connectivity index (χ0n) is 14.8. The number of halogens is 1. The summed E-state index contributed by atoms with van der Waals surface area (Å²) in [6.45, 7) is 4.52. The maximum Gasteiger partial charge on any atom is 0.257 e. The lowest BCUT2D eigenvalue weighted by molar-refractivity contribution is 0.102. The maximum absolute atomic E-state index is 12.6. The fraction of sp³-hybridized carbons (Fsp3) is 0.286. The molecule has 1 aliphatic rings. The predicted molar refractivity (Wildman–Crippen MR) is 108 cm³/mol. The van der Waals surface area contributed by atoms with Crippen molar-refractivity contribution in [3.63, 3.8) is 0 Å². The first kappa shape index (κ1) is 17.0. The second kappa shape index (κ2) is 7.04. The van der Waals surface area contributed by atoms with Crippen LogP contribution in [0.3, 0.4) is 0 Å². The van der Waals surface area contributed by atoms with Crippen molar-refractivity contribution in [1.82, 2.24) is 4.98 Å². The average molecular weight is 368 g/mol. The number of fused-ring (bicyclic) bond motifs is 1. The van der Waals surface area contributed by atoms with E-state index < -0.39 is 0 Å². The molecule has 26 heavy (non-hydrogen) atoms. The second-order valence-corrected chi connectivity index (χ2v) is 7.50. The lowest BCUT2D eigenvalue weighted by Gasteiger charge is -2.32. The predicted octanol–water partition coefficient (Wildman–Crippen LogP) is 5.31. The molecule has 0 unspecified atom stereocenters. The van der Waals surface area contributed by atoms with Crippen LogP contribution < -0.4 is 10.2 Å². The van der Waals surface area contributed by atoms with Crippen LogP contribution in [0.15, 0.2) is 48.7 Å². The third-order valence-electron chi connectivity index (χ3n) is 5.16. The van der Waals surface area contributed by atoms with Crippen LogP contribution in [-0.2, 0) is 0 Å². The summed E-state index contributed by atoms with van der Waals surface area (Å²) in [5.74, 6) is 0.689. The summed E-state index contributed by atoms with van der Waals surface area (Å²) >= 11 is 6.00. The van der Waals surface area contributed by atoms with Crippen LogP contribution in [0.5, 0.6) is 0 Å². The molecule has 3 aromatic rings. The van der Waals surface area contributed by atoms with E-state index >= 15 is 0 Å². The molecule has 5 heteroatoms. The van der Waals surface area contributed by atoms with Gasteiger partial charge in [0.1, 0.15) is 0 Å². The van der Waals surface area contributed by atoms with Crippen LogP contribution in [0.1, 0.15) is 30.1 Å². The van der Waals surface area contributed by atoms with E-state index in [1.807, 2.05) is 24.3 Å². The second-order valence-electron chi connectivity index (χ2n) is 7.06. The van der Waals surface area contributed by atoms with Gasteiger partial charge in [-0.25, -0.2) is 0 Å². The van der Waals surface area contributed by atoms with Crippen molar-refractivity contribution in [3.05, 3.63) is 59.2 Å². The van der Waals surface area contributed by atoms with Gasteiger partial charge in [0.15, 0.2) is 0 Å². The first-order chi connectivity index (χ1) is 12.6. The summed E-state index contributed by atoms with van der Waals surface area (Å²) < 4.78 is 0. The zero-order valence-corrected chi connectivity index (χ0v) is 15.5. The topological polar surface area (TPSA) is 48.1 Å². The number of hydrogen-bond acceptors (Lipinski definition) is 2. The van der Waals surface area contributed by atoms with Gasteiger partial charge in [-0.2, -0.15) is 0 Å². The van der Waals surface area contributed by atoms with E-state index in [2.05, 4.69) is 34.3 Å². The summed E-state index contributed by atoms with van der Waals surface area (Å²) in [6, 6.07) is 13.6. The Morgan fingerprint density at radius 1 is 1.15 bits per heavy atom. The molecule has 0 atom stereocenters. The first-order valence-corrected chi connectivity index (χ1v) is 9.41. The third-order valence-corrected chi connectivity index (χ3v) is 5.40. The van der Waals surface area contributed by atoms with Crippen molar-refractivity contribution in [2.24, 2.45) is 5.92 Å².